The summed E-state index contributed by atoms with van der Waals surface area (Å²) in [4.78, 5) is 0. The largest absolute Gasteiger partial charge is 0.358 e. The summed E-state index contributed by atoms with van der Waals surface area (Å²) in [6.45, 7) is 5.95. The molecule has 0 bridgehead atoms. The first-order valence-corrected chi connectivity index (χ1v) is 9.66. The zero-order valence-electron chi connectivity index (χ0n) is 15.0. The van der Waals surface area contributed by atoms with E-state index in [1.807, 2.05) is 59.9 Å². The van der Waals surface area contributed by atoms with Crippen molar-refractivity contribution in [2.24, 2.45) is 0 Å². The van der Waals surface area contributed by atoms with Crippen LogP contribution in [0, 0.1) is 6.92 Å². The highest BCUT2D eigenvalue weighted by Crippen LogP contribution is 2.25. The fourth-order valence-corrected chi connectivity index (χ4v) is 3.27. The van der Waals surface area contributed by atoms with E-state index >= 15 is 0 Å². The summed E-state index contributed by atoms with van der Waals surface area (Å²) < 4.78 is 3.71. The van der Waals surface area contributed by atoms with Crippen molar-refractivity contribution < 1.29 is 0 Å². The molecule has 3 rings (SSSR count). The van der Waals surface area contributed by atoms with E-state index in [2.05, 4.69) is 20.8 Å². The lowest BCUT2D eigenvalue weighted by atomic mass is 10.2. The van der Waals surface area contributed by atoms with E-state index < -0.39 is 0 Å². The van der Waals surface area contributed by atoms with Crippen LogP contribution in [-0.4, -0.2) is 24.7 Å². The minimum absolute atomic E-state index is 0.489. The molecule has 2 heterocycles. The molecule has 0 spiro atoms. The van der Waals surface area contributed by atoms with Gasteiger partial charge in [-0.2, -0.15) is 10.2 Å². The fourth-order valence-electron chi connectivity index (χ4n) is 2.58. The molecule has 0 aliphatic carbocycles. The van der Waals surface area contributed by atoms with Gasteiger partial charge in [-0.1, -0.05) is 29.3 Å². The van der Waals surface area contributed by atoms with Crippen LogP contribution in [0.4, 0.5) is 5.82 Å². The van der Waals surface area contributed by atoms with Crippen LogP contribution >= 0.6 is 35.4 Å². The van der Waals surface area contributed by atoms with Crippen LogP contribution in [0.5, 0.6) is 0 Å². The summed E-state index contributed by atoms with van der Waals surface area (Å²) in [7, 11) is 0. The van der Waals surface area contributed by atoms with Gasteiger partial charge < -0.3 is 10.6 Å². The number of aryl methyl sites for hydroxylation is 2. The maximum Gasteiger partial charge on any atom is 0.172 e. The van der Waals surface area contributed by atoms with Crippen LogP contribution in [0.25, 0.3) is 0 Å². The summed E-state index contributed by atoms with van der Waals surface area (Å²) in [5.74, 6) is 0.664. The molecule has 27 heavy (non-hydrogen) atoms. The molecule has 0 amide bonds. The Morgan fingerprint density at radius 1 is 1.26 bits per heavy atom. The number of benzene rings is 1. The number of aromatic nitrogens is 4. The van der Waals surface area contributed by atoms with Crippen molar-refractivity contribution in [1.29, 1.82) is 0 Å². The predicted molar refractivity (Wildman–Crippen MR) is 113 cm³/mol. The smallest absolute Gasteiger partial charge is 0.172 e. The number of thiocarbonyl (C=S) groups is 1. The molecule has 2 aromatic heterocycles. The van der Waals surface area contributed by atoms with E-state index in [-0.39, 0.29) is 0 Å². The molecule has 0 saturated carbocycles. The Kier molecular flexibility index (Phi) is 6.36. The molecular weight excluding hydrogens is 403 g/mol. The summed E-state index contributed by atoms with van der Waals surface area (Å²) in [5.41, 5.74) is 2.88. The van der Waals surface area contributed by atoms with Gasteiger partial charge in [0, 0.05) is 52.2 Å². The number of anilines is 1. The fraction of sp³-hybridized carbons (Fsp3) is 0.278. The molecule has 9 heteroatoms. The Labute approximate surface area is 173 Å². The third kappa shape index (κ3) is 5.00. The Bertz CT molecular complexity index is 929. The summed E-state index contributed by atoms with van der Waals surface area (Å²) in [6.07, 6.45) is 3.81. The zero-order chi connectivity index (χ0) is 19.4. The number of nitrogens with zero attached hydrogens (tertiary/aromatic N) is 4. The zero-order valence-corrected chi connectivity index (χ0v) is 17.4. The lowest BCUT2D eigenvalue weighted by molar-refractivity contribution is 0.659. The first-order chi connectivity index (χ1) is 13.0. The van der Waals surface area contributed by atoms with Crippen LogP contribution < -0.4 is 10.6 Å². The molecule has 0 aliphatic rings. The van der Waals surface area contributed by atoms with Crippen LogP contribution in [0.3, 0.4) is 0 Å². The molecule has 142 valence electrons. The van der Waals surface area contributed by atoms with Crippen LogP contribution in [0.2, 0.25) is 10.0 Å². The predicted octanol–water partition coefficient (Wildman–Crippen LogP) is 4.25. The highest BCUT2D eigenvalue weighted by atomic mass is 35.5. The highest BCUT2D eigenvalue weighted by molar-refractivity contribution is 7.80. The van der Waals surface area contributed by atoms with Gasteiger partial charge in [0.25, 0.3) is 0 Å². The van der Waals surface area contributed by atoms with Crippen molar-refractivity contribution in [3.63, 3.8) is 0 Å². The maximum atomic E-state index is 6.26. The second-order valence-electron chi connectivity index (χ2n) is 6.04. The van der Waals surface area contributed by atoms with E-state index in [4.69, 9.17) is 35.4 Å². The summed E-state index contributed by atoms with van der Waals surface area (Å²) in [5, 5.41) is 16.8. The Morgan fingerprint density at radius 3 is 2.67 bits per heavy atom. The average molecular weight is 423 g/mol. The molecule has 2 N–H and O–H groups in total. The molecule has 0 saturated heterocycles. The van der Waals surface area contributed by atoms with Crippen molar-refractivity contribution in [1.82, 2.24) is 24.9 Å². The summed E-state index contributed by atoms with van der Waals surface area (Å²) >= 11 is 17.9. The van der Waals surface area contributed by atoms with Gasteiger partial charge in [-0.25, -0.2) is 0 Å². The van der Waals surface area contributed by atoms with Gasteiger partial charge in [0.1, 0.15) is 0 Å². The molecular formula is C18H20Cl2N6S. The minimum atomic E-state index is 0.489. The van der Waals surface area contributed by atoms with E-state index in [0.717, 1.165) is 23.4 Å². The molecule has 0 radical (unpaired) electrons. The van der Waals surface area contributed by atoms with Crippen LogP contribution in [0.15, 0.2) is 36.7 Å². The minimum Gasteiger partial charge on any atom is -0.358 e. The molecule has 0 atom stereocenters. The molecule has 0 aliphatic heterocycles. The molecule has 1 aromatic carbocycles. The number of hydrogen-bond donors (Lipinski definition) is 2. The Morgan fingerprint density at radius 2 is 2.00 bits per heavy atom. The third-order valence-electron chi connectivity index (χ3n) is 4.06. The monoisotopic (exact) mass is 422 g/mol. The van der Waals surface area contributed by atoms with Gasteiger partial charge in [0.2, 0.25) is 0 Å². The average Bonchev–Trinajstić information content (AvgIpc) is 3.23. The van der Waals surface area contributed by atoms with Crippen molar-refractivity contribution in [2.75, 3.05) is 5.32 Å². The van der Waals surface area contributed by atoms with Gasteiger partial charge in [-0.15, -0.1) is 0 Å². The molecule has 3 aromatic rings. The quantitative estimate of drug-likeness (QED) is 0.581. The van der Waals surface area contributed by atoms with Crippen molar-refractivity contribution in [3.8, 4) is 0 Å². The van der Waals surface area contributed by atoms with E-state index in [1.54, 1.807) is 0 Å². The lowest BCUT2D eigenvalue weighted by Gasteiger charge is -2.09. The van der Waals surface area contributed by atoms with Crippen LogP contribution in [-0.2, 0) is 19.6 Å². The molecule has 6 nitrogen and oxygen atoms in total. The molecule has 0 fully saturated rings. The van der Waals surface area contributed by atoms with Crippen molar-refractivity contribution in [3.05, 3.63) is 63.5 Å². The third-order valence-corrected chi connectivity index (χ3v) is 5.01. The van der Waals surface area contributed by atoms with Crippen molar-refractivity contribution >= 4 is 46.4 Å². The first-order valence-electron chi connectivity index (χ1n) is 8.49. The molecule has 0 unspecified atom stereocenters. The number of rotatable bonds is 6. The number of halogens is 2. The topological polar surface area (TPSA) is 59.7 Å². The normalized spacial score (nSPS) is 10.8. The van der Waals surface area contributed by atoms with E-state index in [1.165, 1.54) is 0 Å². The van der Waals surface area contributed by atoms with Gasteiger partial charge in [-0.3, -0.25) is 9.36 Å². The van der Waals surface area contributed by atoms with Gasteiger partial charge in [0.05, 0.1) is 12.7 Å². The van der Waals surface area contributed by atoms with Crippen LogP contribution in [0.1, 0.15) is 23.7 Å². The summed E-state index contributed by atoms with van der Waals surface area (Å²) in [6, 6.07) is 7.39. The van der Waals surface area contributed by atoms with Crippen molar-refractivity contribution in [2.45, 2.75) is 33.5 Å². The van der Waals surface area contributed by atoms with Gasteiger partial charge >= 0.3 is 0 Å². The second kappa shape index (κ2) is 8.73. The van der Waals surface area contributed by atoms with Gasteiger partial charge in [-0.05, 0) is 38.2 Å². The number of nitrogens with one attached hydrogen (secondary N) is 2. The highest BCUT2D eigenvalue weighted by Gasteiger charge is 2.11. The lowest BCUT2D eigenvalue weighted by Crippen LogP contribution is -2.28. The Balaban J connectivity index is 1.61. The van der Waals surface area contributed by atoms with Gasteiger partial charge in [0.15, 0.2) is 10.9 Å². The van der Waals surface area contributed by atoms with E-state index in [9.17, 15) is 0 Å². The van der Waals surface area contributed by atoms with E-state index in [0.29, 0.717) is 34.1 Å². The second-order valence-corrected chi connectivity index (χ2v) is 7.26. The maximum absolute atomic E-state index is 6.26. The SMILES string of the molecule is CCn1cc(CNC(=S)Nc2cc(C)n(Cc3c(Cl)cccc3Cl)n2)cn1. The first kappa shape index (κ1) is 19.7. The Hall–Kier alpha value is -2.09. The number of hydrogen-bond acceptors (Lipinski definition) is 3. The standard InChI is InChI=1S/C18H20Cl2N6S/c1-3-25-10-13(9-22-25)8-21-18(27)23-17-7-12(2)26(24-17)11-14-15(19)5-4-6-16(14)20/h4-7,9-10H,3,8,11H2,1-2H3,(H2,21,23,24,27).